The third-order valence-corrected chi connectivity index (χ3v) is 5.17. The lowest BCUT2D eigenvalue weighted by Crippen LogP contribution is -2.51. The molecule has 0 saturated heterocycles. The maximum atomic E-state index is 12.5. The number of benzene rings is 1. The van der Waals surface area contributed by atoms with Gasteiger partial charge >= 0.3 is 0 Å². The molecule has 0 saturated carbocycles. The second kappa shape index (κ2) is 13.1. The van der Waals surface area contributed by atoms with Gasteiger partial charge in [-0.15, -0.1) is 5.10 Å². The summed E-state index contributed by atoms with van der Waals surface area (Å²) < 4.78 is 7.43. The van der Waals surface area contributed by atoms with Gasteiger partial charge in [-0.25, -0.2) is 4.68 Å². The van der Waals surface area contributed by atoms with Crippen molar-refractivity contribution in [3.63, 3.8) is 0 Å². The van der Waals surface area contributed by atoms with Gasteiger partial charge in [-0.2, -0.15) is 11.8 Å². The quantitative estimate of drug-likeness (QED) is 0.354. The number of hydrogen-bond donors (Lipinski definition) is 3. The van der Waals surface area contributed by atoms with Crippen LogP contribution in [0, 0.1) is 0 Å². The van der Waals surface area contributed by atoms with Crippen molar-refractivity contribution >= 4 is 23.6 Å². The van der Waals surface area contributed by atoms with Crippen LogP contribution in [0.15, 0.2) is 30.3 Å². The molecular weight excluding hydrogens is 430 g/mol. The number of thioether (sulfide) groups is 1. The van der Waals surface area contributed by atoms with Crippen LogP contribution in [0.4, 0.5) is 0 Å². The summed E-state index contributed by atoms with van der Waals surface area (Å²) in [5, 5.41) is 17.6. The van der Waals surface area contributed by atoms with E-state index >= 15 is 0 Å². The van der Waals surface area contributed by atoms with E-state index in [2.05, 4.69) is 26.2 Å². The molecule has 4 N–H and O–H groups in total. The zero-order valence-electron chi connectivity index (χ0n) is 18.9. The van der Waals surface area contributed by atoms with Crippen molar-refractivity contribution in [2.75, 3.05) is 25.2 Å². The number of carbonyl (C=O) groups excluding carboxylic acids is 2. The Bertz CT molecular complexity index is 839. The Morgan fingerprint density at radius 3 is 2.72 bits per heavy atom. The van der Waals surface area contributed by atoms with Crippen molar-refractivity contribution < 1.29 is 14.3 Å². The molecule has 0 spiro atoms. The monoisotopic (exact) mass is 463 g/mol. The van der Waals surface area contributed by atoms with Crippen molar-refractivity contribution in [2.45, 2.75) is 51.4 Å². The van der Waals surface area contributed by atoms with Crippen LogP contribution in [-0.4, -0.2) is 62.7 Å². The molecule has 0 unspecified atom stereocenters. The summed E-state index contributed by atoms with van der Waals surface area (Å²) in [4.78, 5) is 24.4. The first-order valence-corrected chi connectivity index (χ1v) is 11.9. The minimum absolute atomic E-state index is 0.00500. The van der Waals surface area contributed by atoms with Crippen molar-refractivity contribution in [3.05, 3.63) is 41.7 Å². The SMILES string of the molecule is CSCCNC(=O)CCCn1nnnc1[C@@H](COCc1ccccc1)NC(=O)C(C)(C)N. The van der Waals surface area contributed by atoms with Crippen LogP contribution in [0.5, 0.6) is 0 Å². The number of rotatable bonds is 14. The van der Waals surface area contributed by atoms with Crippen LogP contribution in [0.25, 0.3) is 0 Å². The molecule has 0 radical (unpaired) electrons. The molecule has 0 fully saturated rings. The summed E-state index contributed by atoms with van der Waals surface area (Å²) in [5.41, 5.74) is 5.90. The second-order valence-electron chi connectivity index (χ2n) is 7.95. The number of ether oxygens (including phenoxy) is 1. The second-order valence-corrected chi connectivity index (χ2v) is 8.94. The molecule has 0 bridgehead atoms. The summed E-state index contributed by atoms with van der Waals surface area (Å²) >= 11 is 1.68. The lowest BCUT2D eigenvalue weighted by molar-refractivity contribution is -0.126. The van der Waals surface area contributed by atoms with Gasteiger partial charge in [0.2, 0.25) is 11.8 Å². The molecule has 10 nitrogen and oxygen atoms in total. The third-order valence-electron chi connectivity index (χ3n) is 4.56. The summed E-state index contributed by atoms with van der Waals surface area (Å²) in [6.45, 7) is 4.90. The lowest BCUT2D eigenvalue weighted by atomic mass is 10.1. The van der Waals surface area contributed by atoms with Crippen molar-refractivity contribution in [1.29, 1.82) is 0 Å². The average Bonchev–Trinajstić information content (AvgIpc) is 3.21. The number of nitrogens with zero attached hydrogens (tertiary/aromatic N) is 4. The number of tetrazole rings is 1. The van der Waals surface area contributed by atoms with E-state index in [9.17, 15) is 9.59 Å². The molecular formula is C21H33N7O3S. The molecule has 2 aromatic rings. The number of nitrogens with two attached hydrogens (primary N) is 1. The van der Waals surface area contributed by atoms with E-state index in [4.69, 9.17) is 10.5 Å². The first kappa shape index (κ1) is 25.8. The fourth-order valence-electron chi connectivity index (χ4n) is 2.78. The smallest absolute Gasteiger partial charge is 0.240 e. The molecule has 11 heteroatoms. The van der Waals surface area contributed by atoms with Crippen molar-refractivity contribution in [1.82, 2.24) is 30.8 Å². The molecule has 176 valence electrons. The minimum atomic E-state index is -1.06. The first-order valence-electron chi connectivity index (χ1n) is 10.5. The highest BCUT2D eigenvalue weighted by atomic mass is 32.2. The topological polar surface area (TPSA) is 137 Å². The number of aryl methyl sites for hydroxylation is 1. The Morgan fingerprint density at radius 1 is 1.28 bits per heavy atom. The molecule has 0 aliphatic carbocycles. The predicted molar refractivity (Wildman–Crippen MR) is 124 cm³/mol. The summed E-state index contributed by atoms with van der Waals surface area (Å²) in [7, 11) is 0. The van der Waals surface area contributed by atoms with E-state index in [1.165, 1.54) is 0 Å². The van der Waals surface area contributed by atoms with Crippen LogP contribution in [0.2, 0.25) is 0 Å². The van der Waals surface area contributed by atoms with Gasteiger partial charge in [0.25, 0.3) is 0 Å². The van der Waals surface area contributed by atoms with E-state index in [1.807, 2.05) is 36.6 Å². The Morgan fingerprint density at radius 2 is 2.03 bits per heavy atom. The molecule has 2 amide bonds. The van der Waals surface area contributed by atoms with Gasteiger partial charge < -0.3 is 21.1 Å². The molecule has 0 aliphatic rings. The molecule has 1 heterocycles. The van der Waals surface area contributed by atoms with Gasteiger partial charge in [-0.05, 0) is 42.5 Å². The standard InChI is InChI=1S/C21H33N7O3S/c1-21(2,22)20(30)24-17(15-31-14-16-8-5-4-6-9-16)19-25-26-27-28(19)12-7-10-18(29)23-11-13-32-3/h4-6,8-9,17H,7,10-15,22H2,1-3H3,(H,23,29)(H,24,30)/t17-/m1/s1. The Labute approximate surface area is 193 Å². The highest BCUT2D eigenvalue weighted by molar-refractivity contribution is 7.98. The Hall–Kier alpha value is -2.50. The van der Waals surface area contributed by atoms with E-state index in [-0.39, 0.29) is 18.4 Å². The highest BCUT2D eigenvalue weighted by Crippen LogP contribution is 2.14. The highest BCUT2D eigenvalue weighted by Gasteiger charge is 2.28. The van der Waals surface area contributed by atoms with Gasteiger partial charge in [0.15, 0.2) is 5.82 Å². The van der Waals surface area contributed by atoms with Crippen LogP contribution < -0.4 is 16.4 Å². The van der Waals surface area contributed by atoms with Gasteiger partial charge in [0.1, 0.15) is 6.04 Å². The van der Waals surface area contributed by atoms with Gasteiger partial charge in [0, 0.05) is 25.3 Å². The zero-order valence-corrected chi connectivity index (χ0v) is 19.7. The predicted octanol–water partition coefficient (Wildman–Crippen LogP) is 1.04. The van der Waals surface area contributed by atoms with Crippen LogP contribution in [0.1, 0.15) is 44.1 Å². The fraction of sp³-hybridized carbons (Fsp3) is 0.571. The maximum Gasteiger partial charge on any atom is 0.240 e. The summed E-state index contributed by atoms with van der Waals surface area (Å²) in [6.07, 6.45) is 2.93. The van der Waals surface area contributed by atoms with Gasteiger partial charge in [-0.1, -0.05) is 30.3 Å². The van der Waals surface area contributed by atoms with Crippen molar-refractivity contribution in [2.24, 2.45) is 5.73 Å². The van der Waals surface area contributed by atoms with E-state index in [0.29, 0.717) is 38.4 Å². The summed E-state index contributed by atoms with van der Waals surface area (Å²) in [6, 6.07) is 9.15. The number of aromatic nitrogens is 4. The Kier molecular flexibility index (Phi) is 10.6. The number of carbonyl (C=O) groups is 2. The molecule has 1 aromatic heterocycles. The first-order chi connectivity index (χ1) is 15.3. The molecule has 1 atom stereocenters. The zero-order chi connectivity index (χ0) is 23.4. The van der Waals surface area contributed by atoms with Gasteiger partial charge in [-0.3, -0.25) is 9.59 Å². The van der Waals surface area contributed by atoms with E-state index in [1.54, 1.807) is 30.3 Å². The van der Waals surface area contributed by atoms with E-state index < -0.39 is 11.6 Å². The van der Waals surface area contributed by atoms with Crippen LogP contribution in [0.3, 0.4) is 0 Å². The Balaban J connectivity index is 1.99. The van der Waals surface area contributed by atoms with Crippen LogP contribution in [-0.2, 0) is 27.5 Å². The van der Waals surface area contributed by atoms with E-state index in [0.717, 1.165) is 11.3 Å². The van der Waals surface area contributed by atoms with Crippen LogP contribution >= 0.6 is 11.8 Å². The lowest BCUT2D eigenvalue weighted by Gasteiger charge is -2.23. The minimum Gasteiger partial charge on any atom is -0.374 e. The molecule has 0 aliphatic heterocycles. The number of hydrogen-bond acceptors (Lipinski definition) is 8. The fourth-order valence-corrected chi connectivity index (χ4v) is 3.09. The number of amides is 2. The molecule has 32 heavy (non-hydrogen) atoms. The average molecular weight is 464 g/mol. The van der Waals surface area contributed by atoms with Gasteiger partial charge in [0.05, 0.1) is 18.8 Å². The van der Waals surface area contributed by atoms with Crippen molar-refractivity contribution in [3.8, 4) is 0 Å². The maximum absolute atomic E-state index is 12.5. The molecule has 2 rings (SSSR count). The normalized spacial score (nSPS) is 12.4. The number of nitrogens with one attached hydrogen (secondary N) is 2. The third kappa shape index (κ3) is 8.93. The summed E-state index contributed by atoms with van der Waals surface area (Å²) in [5.74, 6) is 0.992. The molecule has 1 aromatic carbocycles. The largest absolute Gasteiger partial charge is 0.374 e.